The molecule has 0 spiro atoms. The van der Waals surface area contributed by atoms with Gasteiger partial charge in [-0.05, 0) is 13.8 Å². The van der Waals surface area contributed by atoms with Gasteiger partial charge in [0.15, 0.2) is 0 Å². The van der Waals surface area contributed by atoms with Crippen molar-refractivity contribution < 1.29 is 18.0 Å². The van der Waals surface area contributed by atoms with Gasteiger partial charge in [0.2, 0.25) is 5.91 Å². The van der Waals surface area contributed by atoms with Gasteiger partial charge in [0.25, 0.3) is 0 Å². The van der Waals surface area contributed by atoms with Gasteiger partial charge in [-0.3, -0.25) is 4.79 Å². The van der Waals surface area contributed by atoms with E-state index in [0.717, 1.165) is 4.90 Å². The second kappa shape index (κ2) is 5.44. The van der Waals surface area contributed by atoms with Gasteiger partial charge in [-0.1, -0.05) is 0 Å². The van der Waals surface area contributed by atoms with Crippen LogP contribution in [0.15, 0.2) is 0 Å². The first-order valence-corrected chi connectivity index (χ1v) is 4.73. The Balaban J connectivity index is 4.37. The lowest BCUT2D eigenvalue weighted by Crippen LogP contribution is -2.43. The van der Waals surface area contributed by atoms with Crippen LogP contribution in [0.25, 0.3) is 0 Å². The predicted molar refractivity (Wildman–Crippen MR) is 48.2 cm³/mol. The summed E-state index contributed by atoms with van der Waals surface area (Å²) in [6.07, 6.45) is -4.41. The van der Waals surface area contributed by atoms with Gasteiger partial charge in [0.05, 0.1) is 0 Å². The van der Waals surface area contributed by atoms with Crippen LogP contribution >= 0.6 is 11.6 Å². The molecule has 0 atom stereocenters. The van der Waals surface area contributed by atoms with Crippen LogP contribution in [0.3, 0.4) is 0 Å². The fourth-order valence-corrected chi connectivity index (χ4v) is 1.14. The van der Waals surface area contributed by atoms with Gasteiger partial charge in [0.1, 0.15) is 6.54 Å². The molecular formula is C8H13ClF3NO. The highest BCUT2D eigenvalue weighted by Gasteiger charge is 2.33. The maximum absolute atomic E-state index is 12.0. The normalized spacial score (nSPS) is 11.9. The molecule has 1 amide bonds. The molecule has 0 rings (SSSR count). The van der Waals surface area contributed by atoms with Gasteiger partial charge in [-0.25, -0.2) is 0 Å². The van der Waals surface area contributed by atoms with Crippen molar-refractivity contribution in [1.82, 2.24) is 4.90 Å². The minimum atomic E-state index is -4.35. The SMILES string of the molecule is CC(C)N(CC(F)(F)F)C(=O)CCCl. The van der Waals surface area contributed by atoms with E-state index < -0.39 is 24.7 Å². The van der Waals surface area contributed by atoms with Crippen molar-refractivity contribution in [2.75, 3.05) is 12.4 Å². The number of alkyl halides is 4. The van der Waals surface area contributed by atoms with Crippen molar-refractivity contribution >= 4 is 17.5 Å². The molecular weight excluding hydrogens is 219 g/mol. The van der Waals surface area contributed by atoms with Gasteiger partial charge in [0, 0.05) is 18.3 Å². The van der Waals surface area contributed by atoms with Crippen LogP contribution in [0.5, 0.6) is 0 Å². The fraction of sp³-hybridized carbons (Fsp3) is 0.875. The summed E-state index contributed by atoms with van der Waals surface area (Å²) < 4.78 is 36.1. The molecule has 0 fully saturated rings. The van der Waals surface area contributed by atoms with Crippen molar-refractivity contribution in [2.24, 2.45) is 0 Å². The number of carbonyl (C=O) groups excluding carboxylic acids is 1. The third kappa shape index (κ3) is 5.32. The number of hydrogen-bond acceptors (Lipinski definition) is 1. The topological polar surface area (TPSA) is 20.3 Å². The average molecular weight is 232 g/mol. The lowest BCUT2D eigenvalue weighted by atomic mass is 10.3. The monoisotopic (exact) mass is 231 g/mol. The van der Waals surface area contributed by atoms with Crippen molar-refractivity contribution in [3.63, 3.8) is 0 Å². The highest BCUT2D eigenvalue weighted by Crippen LogP contribution is 2.18. The molecule has 0 aromatic rings. The van der Waals surface area contributed by atoms with Gasteiger partial charge in [-0.2, -0.15) is 13.2 Å². The zero-order valence-electron chi connectivity index (χ0n) is 8.07. The van der Waals surface area contributed by atoms with Crippen LogP contribution in [-0.2, 0) is 4.79 Å². The maximum Gasteiger partial charge on any atom is 0.406 e. The highest BCUT2D eigenvalue weighted by atomic mass is 35.5. The summed E-state index contributed by atoms with van der Waals surface area (Å²) in [5.74, 6) is -0.521. The second-order valence-electron chi connectivity index (χ2n) is 3.17. The van der Waals surface area contributed by atoms with Gasteiger partial charge >= 0.3 is 6.18 Å². The van der Waals surface area contributed by atoms with E-state index >= 15 is 0 Å². The van der Waals surface area contributed by atoms with Crippen molar-refractivity contribution in [3.05, 3.63) is 0 Å². The lowest BCUT2D eigenvalue weighted by molar-refractivity contribution is -0.164. The van der Waals surface area contributed by atoms with E-state index in [1.54, 1.807) is 0 Å². The quantitative estimate of drug-likeness (QED) is 0.681. The molecule has 0 saturated heterocycles. The van der Waals surface area contributed by atoms with E-state index in [-0.39, 0.29) is 12.3 Å². The summed E-state index contributed by atoms with van der Waals surface area (Å²) >= 11 is 5.29. The molecule has 0 saturated carbocycles. The molecule has 0 aliphatic rings. The first-order chi connectivity index (χ1) is 6.28. The third-order valence-corrected chi connectivity index (χ3v) is 1.79. The third-order valence-electron chi connectivity index (χ3n) is 1.60. The Labute approximate surface area is 86.0 Å². The molecule has 0 aliphatic heterocycles. The van der Waals surface area contributed by atoms with E-state index in [4.69, 9.17) is 11.6 Å². The van der Waals surface area contributed by atoms with E-state index in [1.165, 1.54) is 13.8 Å². The van der Waals surface area contributed by atoms with E-state index in [0.29, 0.717) is 0 Å². The molecule has 0 aromatic carbocycles. The number of nitrogens with zero attached hydrogens (tertiary/aromatic N) is 1. The smallest absolute Gasteiger partial charge is 0.331 e. The molecule has 0 heterocycles. The predicted octanol–water partition coefficient (Wildman–Crippen LogP) is 2.41. The molecule has 0 aromatic heterocycles. The zero-order valence-corrected chi connectivity index (χ0v) is 8.82. The van der Waals surface area contributed by atoms with Gasteiger partial charge in [-0.15, -0.1) is 11.6 Å². The van der Waals surface area contributed by atoms with Gasteiger partial charge < -0.3 is 4.90 Å². The largest absolute Gasteiger partial charge is 0.406 e. The van der Waals surface area contributed by atoms with E-state index in [1.807, 2.05) is 0 Å². The standard InChI is InChI=1S/C8H13ClF3NO/c1-6(2)13(5-8(10,11)12)7(14)3-4-9/h6H,3-5H2,1-2H3. The van der Waals surface area contributed by atoms with Crippen molar-refractivity contribution in [3.8, 4) is 0 Å². The summed E-state index contributed by atoms with van der Waals surface area (Å²) in [6.45, 7) is 1.87. The minimum Gasteiger partial charge on any atom is -0.331 e. The van der Waals surface area contributed by atoms with Crippen molar-refractivity contribution in [2.45, 2.75) is 32.5 Å². The number of carbonyl (C=O) groups is 1. The molecule has 6 heteroatoms. The summed E-state index contributed by atoms with van der Waals surface area (Å²) in [5, 5.41) is 0. The van der Waals surface area contributed by atoms with Crippen LogP contribution in [-0.4, -0.2) is 35.4 Å². The van der Waals surface area contributed by atoms with E-state index in [9.17, 15) is 18.0 Å². The molecule has 84 valence electrons. The van der Waals surface area contributed by atoms with Crippen LogP contribution in [0, 0.1) is 0 Å². The lowest BCUT2D eigenvalue weighted by Gasteiger charge is -2.27. The van der Waals surface area contributed by atoms with Crippen LogP contribution in [0.4, 0.5) is 13.2 Å². The van der Waals surface area contributed by atoms with Crippen LogP contribution in [0.1, 0.15) is 20.3 Å². The molecule has 0 N–H and O–H groups in total. The van der Waals surface area contributed by atoms with Crippen LogP contribution < -0.4 is 0 Å². The fourth-order valence-electron chi connectivity index (χ4n) is 0.976. The summed E-state index contributed by atoms with van der Waals surface area (Å²) in [5.41, 5.74) is 0. The minimum absolute atomic E-state index is 0.0416. The number of amides is 1. The summed E-state index contributed by atoms with van der Waals surface area (Å²) in [6, 6.07) is -0.465. The Kier molecular flexibility index (Phi) is 5.26. The van der Waals surface area contributed by atoms with Crippen LogP contribution in [0.2, 0.25) is 0 Å². The molecule has 0 aliphatic carbocycles. The Morgan fingerprint density at radius 1 is 1.43 bits per heavy atom. The van der Waals surface area contributed by atoms with Crippen molar-refractivity contribution in [1.29, 1.82) is 0 Å². The Morgan fingerprint density at radius 2 is 1.93 bits per heavy atom. The molecule has 0 unspecified atom stereocenters. The Hall–Kier alpha value is -0.450. The number of rotatable bonds is 4. The zero-order chi connectivity index (χ0) is 11.4. The molecule has 0 radical (unpaired) electrons. The summed E-state index contributed by atoms with van der Waals surface area (Å²) in [7, 11) is 0. The first-order valence-electron chi connectivity index (χ1n) is 4.20. The maximum atomic E-state index is 12.0. The Bertz CT molecular complexity index is 194. The highest BCUT2D eigenvalue weighted by molar-refractivity contribution is 6.18. The first kappa shape index (κ1) is 13.5. The summed E-state index contributed by atoms with van der Waals surface area (Å²) in [4.78, 5) is 12.0. The molecule has 2 nitrogen and oxygen atoms in total. The second-order valence-corrected chi connectivity index (χ2v) is 3.55. The molecule has 0 bridgehead atoms. The molecule has 14 heavy (non-hydrogen) atoms. The number of hydrogen-bond donors (Lipinski definition) is 0. The average Bonchev–Trinajstić information content (AvgIpc) is 1.98. The van der Waals surface area contributed by atoms with E-state index in [2.05, 4.69) is 0 Å². The number of halogens is 4. The Morgan fingerprint density at radius 3 is 2.21 bits per heavy atom.